The summed E-state index contributed by atoms with van der Waals surface area (Å²) in [5.74, 6) is -1.38. The number of carboxylic acid groups (broad SMARTS) is 1. The van der Waals surface area contributed by atoms with Crippen molar-refractivity contribution in [2.75, 3.05) is 5.32 Å². The second kappa shape index (κ2) is 7.89. The molecule has 0 spiro atoms. The van der Waals surface area contributed by atoms with Gasteiger partial charge in [-0.05, 0) is 48.0 Å². The third-order valence-corrected chi connectivity index (χ3v) is 4.99. The van der Waals surface area contributed by atoms with E-state index in [-0.39, 0.29) is 11.5 Å². The van der Waals surface area contributed by atoms with Gasteiger partial charge in [0.1, 0.15) is 5.69 Å². The first-order valence-corrected chi connectivity index (χ1v) is 9.63. The fourth-order valence-electron chi connectivity index (χ4n) is 3.22. The van der Waals surface area contributed by atoms with Gasteiger partial charge in [0.2, 0.25) is 0 Å². The van der Waals surface area contributed by atoms with Crippen molar-refractivity contribution in [3.63, 3.8) is 0 Å². The largest absolute Gasteiger partial charge is 0.478 e. The lowest BCUT2D eigenvalue weighted by Crippen LogP contribution is -2.18. The van der Waals surface area contributed by atoms with Crippen LogP contribution in [-0.4, -0.2) is 26.5 Å². The predicted molar refractivity (Wildman–Crippen MR) is 114 cm³/mol. The first-order chi connectivity index (χ1) is 14.0. The van der Waals surface area contributed by atoms with Gasteiger partial charge in [0.15, 0.2) is 0 Å². The number of aromatic carboxylic acids is 1. The molecule has 6 nitrogen and oxygen atoms in total. The van der Waals surface area contributed by atoms with Gasteiger partial charge in [0, 0.05) is 40.0 Å². The highest BCUT2D eigenvalue weighted by Gasteiger charge is 2.17. The number of anilines is 1. The number of nitrogens with one attached hydrogen (secondary N) is 1. The number of carbonyl (C=O) groups is 2. The van der Waals surface area contributed by atoms with Crippen molar-refractivity contribution >= 4 is 44.4 Å². The molecule has 0 bridgehead atoms. The Bertz CT molecular complexity index is 1220. The number of halogens is 1. The Morgan fingerprint density at radius 3 is 2.55 bits per heavy atom. The standard InChI is InChI=1S/C22H16BrN3O3/c23-17-9-16(22(28)29)10-18(12-17)25-21(27)20-11-15-3-1-2-4-19(15)26(20)13-14-5-7-24-8-6-14/h1-12H,13H2,(H,25,27)(H,28,29). The van der Waals surface area contributed by atoms with E-state index in [1.807, 2.05) is 47.0 Å². The van der Waals surface area contributed by atoms with E-state index < -0.39 is 5.97 Å². The maximum Gasteiger partial charge on any atom is 0.335 e. The van der Waals surface area contributed by atoms with Crippen molar-refractivity contribution in [1.29, 1.82) is 0 Å². The molecule has 0 radical (unpaired) electrons. The number of nitrogens with zero attached hydrogens (tertiary/aromatic N) is 2. The minimum atomic E-state index is -1.06. The molecule has 7 heteroatoms. The quantitative estimate of drug-likeness (QED) is 0.458. The molecular formula is C22H16BrN3O3. The van der Waals surface area contributed by atoms with E-state index in [1.165, 1.54) is 12.1 Å². The summed E-state index contributed by atoms with van der Waals surface area (Å²) < 4.78 is 2.51. The lowest BCUT2D eigenvalue weighted by atomic mass is 10.2. The minimum absolute atomic E-state index is 0.0898. The second-order valence-electron chi connectivity index (χ2n) is 6.52. The van der Waals surface area contributed by atoms with Crippen LogP contribution in [0.5, 0.6) is 0 Å². The predicted octanol–water partition coefficient (Wildman–Crippen LogP) is 4.80. The maximum atomic E-state index is 13.1. The Hall–Kier alpha value is -3.45. The van der Waals surface area contributed by atoms with E-state index in [2.05, 4.69) is 26.2 Å². The topological polar surface area (TPSA) is 84.2 Å². The van der Waals surface area contributed by atoms with Crippen LogP contribution in [0.1, 0.15) is 26.4 Å². The molecule has 4 rings (SSSR count). The van der Waals surface area contributed by atoms with E-state index in [4.69, 9.17) is 0 Å². The van der Waals surface area contributed by atoms with Crippen LogP contribution in [0.15, 0.2) is 77.5 Å². The van der Waals surface area contributed by atoms with Gasteiger partial charge in [-0.1, -0.05) is 34.1 Å². The van der Waals surface area contributed by atoms with Crippen LogP contribution in [0.4, 0.5) is 5.69 Å². The number of pyridine rings is 1. The normalized spacial score (nSPS) is 10.8. The molecule has 2 heterocycles. The lowest BCUT2D eigenvalue weighted by Gasteiger charge is -2.12. The third kappa shape index (κ3) is 4.05. The van der Waals surface area contributed by atoms with Gasteiger partial charge in [-0.15, -0.1) is 0 Å². The number of carboxylic acids is 1. The Labute approximate surface area is 174 Å². The van der Waals surface area contributed by atoms with E-state index in [0.29, 0.717) is 22.4 Å². The lowest BCUT2D eigenvalue weighted by molar-refractivity contribution is 0.0696. The molecule has 0 aliphatic carbocycles. The molecule has 0 aliphatic rings. The van der Waals surface area contributed by atoms with Crippen LogP contribution in [-0.2, 0) is 6.54 Å². The molecule has 4 aromatic rings. The first kappa shape index (κ1) is 18.9. The van der Waals surface area contributed by atoms with Crippen LogP contribution in [0.2, 0.25) is 0 Å². The summed E-state index contributed by atoms with van der Waals surface area (Å²) in [5.41, 5.74) is 2.94. The minimum Gasteiger partial charge on any atom is -0.478 e. The summed E-state index contributed by atoms with van der Waals surface area (Å²) in [7, 11) is 0. The number of carbonyl (C=O) groups excluding carboxylic acids is 1. The zero-order valence-electron chi connectivity index (χ0n) is 15.2. The SMILES string of the molecule is O=C(O)c1cc(Br)cc(NC(=O)c2cc3ccccc3n2Cc2ccncc2)c1. The van der Waals surface area contributed by atoms with Crippen LogP contribution in [0.25, 0.3) is 10.9 Å². The zero-order valence-corrected chi connectivity index (χ0v) is 16.8. The Kier molecular flexibility index (Phi) is 5.14. The van der Waals surface area contributed by atoms with E-state index >= 15 is 0 Å². The number of amides is 1. The van der Waals surface area contributed by atoms with Crippen molar-refractivity contribution in [1.82, 2.24) is 9.55 Å². The van der Waals surface area contributed by atoms with Crippen molar-refractivity contribution < 1.29 is 14.7 Å². The van der Waals surface area contributed by atoms with Gasteiger partial charge >= 0.3 is 5.97 Å². The molecule has 29 heavy (non-hydrogen) atoms. The molecule has 2 aromatic heterocycles. The third-order valence-electron chi connectivity index (χ3n) is 4.54. The van der Waals surface area contributed by atoms with Crippen LogP contribution >= 0.6 is 15.9 Å². The Morgan fingerprint density at radius 1 is 1.03 bits per heavy atom. The molecule has 2 aromatic carbocycles. The van der Waals surface area contributed by atoms with Gasteiger partial charge in [0.05, 0.1) is 5.56 Å². The highest BCUT2D eigenvalue weighted by Crippen LogP contribution is 2.24. The Morgan fingerprint density at radius 2 is 1.79 bits per heavy atom. The average molecular weight is 450 g/mol. The summed E-state index contributed by atoms with van der Waals surface area (Å²) in [5, 5.41) is 13.0. The van der Waals surface area contributed by atoms with Crippen molar-refractivity contribution in [3.05, 3.63) is 94.4 Å². The van der Waals surface area contributed by atoms with Crippen molar-refractivity contribution in [2.45, 2.75) is 6.54 Å². The number of benzene rings is 2. The molecule has 2 N–H and O–H groups in total. The molecule has 0 fully saturated rings. The first-order valence-electron chi connectivity index (χ1n) is 8.83. The fraction of sp³-hybridized carbons (Fsp3) is 0.0455. The number of fused-ring (bicyclic) bond motifs is 1. The van der Waals surface area contributed by atoms with Gasteiger partial charge in [0.25, 0.3) is 5.91 Å². The monoisotopic (exact) mass is 449 g/mol. The van der Waals surface area contributed by atoms with Gasteiger partial charge < -0.3 is 15.0 Å². The zero-order chi connectivity index (χ0) is 20.4. The van der Waals surface area contributed by atoms with E-state index in [9.17, 15) is 14.7 Å². The molecule has 0 saturated heterocycles. The number of hydrogen-bond acceptors (Lipinski definition) is 3. The summed E-state index contributed by atoms with van der Waals surface area (Å²) >= 11 is 3.29. The van der Waals surface area contributed by atoms with Crippen molar-refractivity contribution in [2.24, 2.45) is 0 Å². The van der Waals surface area contributed by atoms with Gasteiger partial charge in [-0.3, -0.25) is 9.78 Å². The molecule has 0 aliphatic heterocycles. The van der Waals surface area contributed by atoms with Crippen LogP contribution in [0.3, 0.4) is 0 Å². The average Bonchev–Trinajstić information content (AvgIpc) is 3.07. The van der Waals surface area contributed by atoms with E-state index in [1.54, 1.807) is 18.5 Å². The Balaban J connectivity index is 1.72. The molecule has 0 atom stereocenters. The fourth-order valence-corrected chi connectivity index (χ4v) is 3.71. The second-order valence-corrected chi connectivity index (χ2v) is 7.43. The smallest absolute Gasteiger partial charge is 0.335 e. The molecule has 0 unspecified atom stereocenters. The molecule has 144 valence electrons. The summed E-state index contributed by atoms with van der Waals surface area (Å²) in [6, 6.07) is 18.0. The van der Waals surface area contributed by atoms with Crippen molar-refractivity contribution in [3.8, 4) is 0 Å². The van der Waals surface area contributed by atoms with Crippen LogP contribution in [0, 0.1) is 0 Å². The summed E-state index contributed by atoms with van der Waals surface area (Å²) in [4.78, 5) is 28.4. The van der Waals surface area contributed by atoms with Gasteiger partial charge in [-0.2, -0.15) is 0 Å². The maximum absolute atomic E-state index is 13.1. The number of hydrogen-bond donors (Lipinski definition) is 2. The molecule has 1 amide bonds. The highest BCUT2D eigenvalue weighted by molar-refractivity contribution is 9.10. The van der Waals surface area contributed by atoms with Gasteiger partial charge in [-0.25, -0.2) is 4.79 Å². The summed E-state index contributed by atoms with van der Waals surface area (Å²) in [6.45, 7) is 0.512. The number of para-hydroxylation sites is 1. The molecular weight excluding hydrogens is 434 g/mol. The number of aromatic nitrogens is 2. The van der Waals surface area contributed by atoms with E-state index in [0.717, 1.165) is 16.5 Å². The molecule has 0 saturated carbocycles. The number of rotatable bonds is 5. The highest BCUT2D eigenvalue weighted by atomic mass is 79.9. The van der Waals surface area contributed by atoms with Crippen LogP contribution < -0.4 is 5.32 Å². The summed E-state index contributed by atoms with van der Waals surface area (Å²) in [6.07, 6.45) is 3.44.